The third-order valence-electron chi connectivity index (χ3n) is 2.95. The lowest BCUT2D eigenvalue weighted by molar-refractivity contribution is 0.174. The highest BCUT2D eigenvalue weighted by atomic mass is 16.7. The van der Waals surface area contributed by atoms with Crippen LogP contribution in [0.3, 0.4) is 0 Å². The molecule has 1 aromatic rings. The molecule has 0 spiro atoms. The van der Waals surface area contributed by atoms with Gasteiger partial charge in [-0.1, -0.05) is 0 Å². The Bertz CT molecular complexity index is 438. The number of ether oxygens (including phenoxy) is 2. The molecule has 0 saturated carbocycles. The van der Waals surface area contributed by atoms with Crippen LogP contribution < -0.4 is 15.2 Å². The van der Waals surface area contributed by atoms with E-state index in [0.29, 0.717) is 6.79 Å². The molecule has 0 bridgehead atoms. The minimum Gasteiger partial charge on any atom is -0.454 e. The fraction of sp³-hybridized carbons (Fsp3) is 0.571. The summed E-state index contributed by atoms with van der Waals surface area (Å²) in [6.07, 6.45) is 0. The van der Waals surface area contributed by atoms with Gasteiger partial charge in [0.15, 0.2) is 11.5 Å². The summed E-state index contributed by atoms with van der Waals surface area (Å²) in [5.74, 6) is 1.69. The average Bonchev–Trinajstić information content (AvgIpc) is 2.62. The topological polar surface area (TPSA) is 47.7 Å². The molecule has 100 valence electrons. The lowest BCUT2D eigenvalue weighted by Crippen LogP contribution is -2.43. The highest BCUT2D eigenvalue weighted by Gasteiger charge is 2.18. The second-order valence-corrected chi connectivity index (χ2v) is 5.79. The van der Waals surface area contributed by atoms with Gasteiger partial charge in [0.05, 0.1) is 0 Å². The Morgan fingerprint density at radius 3 is 2.50 bits per heavy atom. The molecule has 0 fully saturated rings. The van der Waals surface area contributed by atoms with Crippen LogP contribution in [-0.4, -0.2) is 30.8 Å². The zero-order valence-electron chi connectivity index (χ0n) is 11.6. The molecule has 18 heavy (non-hydrogen) atoms. The third-order valence-corrected chi connectivity index (χ3v) is 2.95. The molecule has 2 rings (SSSR count). The standard InChI is InChI=1S/C14H22N2O2/c1-10-5-12-13(18-9-17-12)6-11(10)7-16(4)8-14(2,3)15/h5-6H,7-9,15H2,1-4H3. The summed E-state index contributed by atoms with van der Waals surface area (Å²) in [4.78, 5) is 2.23. The highest BCUT2D eigenvalue weighted by molar-refractivity contribution is 5.48. The Balaban J connectivity index is 2.10. The molecule has 1 aliphatic heterocycles. The zero-order chi connectivity index (χ0) is 13.3. The predicted molar refractivity (Wildman–Crippen MR) is 71.9 cm³/mol. The van der Waals surface area contributed by atoms with Crippen LogP contribution in [-0.2, 0) is 6.54 Å². The summed E-state index contributed by atoms with van der Waals surface area (Å²) in [5, 5.41) is 0. The van der Waals surface area contributed by atoms with Crippen molar-refractivity contribution >= 4 is 0 Å². The number of hydrogen-bond acceptors (Lipinski definition) is 4. The largest absolute Gasteiger partial charge is 0.454 e. The van der Waals surface area contributed by atoms with Crippen LogP contribution in [0.4, 0.5) is 0 Å². The van der Waals surface area contributed by atoms with Crippen molar-refractivity contribution in [3.05, 3.63) is 23.3 Å². The van der Waals surface area contributed by atoms with Gasteiger partial charge in [0.1, 0.15) is 0 Å². The van der Waals surface area contributed by atoms with Gasteiger partial charge >= 0.3 is 0 Å². The molecule has 1 aromatic carbocycles. The summed E-state index contributed by atoms with van der Waals surface area (Å²) in [6, 6.07) is 4.11. The average molecular weight is 250 g/mol. The minimum atomic E-state index is -0.182. The highest BCUT2D eigenvalue weighted by Crippen LogP contribution is 2.34. The Kier molecular flexibility index (Phi) is 3.50. The molecule has 0 atom stereocenters. The van der Waals surface area contributed by atoms with Gasteiger partial charge in [-0.15, -0.1) is 0 Å². The lowest BCUT2D eigenvalue weighted by atomic mass is 10.0. The Morgan fingerprint density at radius 1 is 1.28 bits per heavy atom. The van der Waals surface area contributed by atoms with Crippen LogP contribution in [0.1, 0.15) is 25.0 Å². The monoisotopic (exact) mass is 250 g/mol. The number of nitrogens with two attached hydrogens (primary N) is 1. The first kappa shape index (κ1) is 13.2. The molecule has 0 saturated heterocycles. The van der Waals surface area contributed by atoms with Gasteiger partial charge < -0.3 is 20.1 Å². The van der Waals surface area contributed by atoms with E-state index in [0.717, 1.165) is 24.6 Å². The fourth-order valence-electron chi connectivity index (χ4n) is 2.30. The molecule has 0 radical (unpaired) electrons. The predicted octanol–water partition coefficient (Wildman–Crippen LogP) is 1.89. The molecular formula is C14H22N2O2. The Hall–Kier alpha value is -1.26. The smallest absolute Gasteiger partial charge is 0.231 e. The molecule has 0 unspecified atom stereocenters. The van der Waals surface area contributed by atoms with Crippen molar-refractivity contribution in [3.8, 4) is 11.5 Å². The molecule has 0 amide bonds. The van der Waals surface area contributed by atoms with Crippen LogP contribution in [0.25, 0.3) is 0 Å². The van der Waals surface area contributed by atoms with Gasteiger partial charge in [-0.3, -0.25) is 0 Å². The molecule has 1 aliphatic rings. The van der Waals surface area contributed by atoms with Crippen molar-refractivity contribution in [1.29, 1.82) is 0 Å². The van der Waals surface area contributed by atoms with Crippen LogP contribution >= 0.6 is 0 Å². The second kappa shape index (κ2) is 4.78. The first-order valence-corrected chi connectivity index (χ1v) is 6.22. The fourth-order valence-corrected chi connectivity index (χ4v) is 2.30. The van der Waals surface area contributed by atoms with Gasteiger partial charge in [0, 0.05) is 18.6 Å². The number of likely N-dealkylation sites (N-methyl/N-ethyl adjacent to an activating group) is 1. The second-order valence-electron chi connectivity index (χ2n) is 5.79. The Labute approximate surface area is 109 Å². The van der Waals surface area contributed by atoms with E-state index >= 15 is 0 Å². The summed E-state index contributed by atoms with van der Waals surface area (Å²) in [5.41, 5.74) is 8.33. The van der Waals surface area contributed by atoms with Crippen LogP contribution in [0.15, 0.2) is 12.1 Å². The van der Waals surface area contributed by atoms with Crippen LogP contribution in [0.2, 0.25) is 0 Å². The summed E-state index contributed by atoms with van der Waals surface area (Å²) < 4.78 is 10.8. The lowest BCUT2D eigenvalue weighted by Gasteiger charge is -2.27. The molecule has 0 aromatic heterocycles. The van der Waals surface area contributed by atoms with Gasteiger partial charge in [-0.05, 0) is 51.1 Å². The van der Waals surface area contributed by atoms with E-state index in [-0.39, 0.29) is 5.54 Å². The normalized spacial score (nSPS) is 14.3. The molecule has 1 heterocycles. The number of benzene rings is 1. The van der Waals surface area contributed by atoms with Gasteiger partial charge in [-0.2, -0.15) is 0 Å². The molecule has 4 heteroatoms. The first-order chi connectivity index (χ1) is 8.35. The summed E-state index contributed by atoms with van der Waals surface area (Å²) in [7, 11) is 2.08. The Morgan fingerprint density at radius 2 is 1.89 bits per heavy atom. The maximum Gasteiger partial charge on any atom is 0.231 e. The maximum absolute atomic E-state index is 6.03. The quantitative estimate of drug-likeness (QED) is 0.886. The SMILES string of the molecule is Cc1cc2c(cc1CN(C)CC(C)(C)N)OCO2. The molecule has 4 nitrogen and oxygen atoms in total. The summed E-state index contributed by atoms with van der Waals surface area (Å²) >= 11 is 0. The third kappa shape index (κ3) is 3.15. The van der Waals surface area contributed by atoms with E-state index in [2.05, 4.69) is 24.9 Å². The number of aryl methyl sites for hydroxylation is 1. The van der Waals surface area contributed by atoms with E-state index in [1.54, 1.807) is 0 Å². The van der Waals surface area contributed by atoms with E-state index in [1.165, 1.54) is 11.1 Å². The van der Waals surface area contributed by atoms with E-state index in [9.17, 15) is 0 Å². The van der Waals surface area contributed by atoms with E-state index in [4.69, 9.17) is 15.2 Å². The van der Waals surface area contributed by atoms with Crippen molar-refractivity contribution in [1.82, 2.24) is 4.90 Å². The van der Waals surface area contributed by atoms with Crippen molar-refractivity contribution in [3.63, 3.8) is 0 Å². The van der Waals surface area contributed by atoms with Crippen molar-refractivity contribution in [2.24, 2.45) is 5.73 Å². The van der Waals surface area contributed by atoms with E-state index < -0.39 is 0 Å². The van der Waals surface area contributed by atoms with Gasteiger partial charge in [0.25, 0.3) is 0 Å². The van der Waals surface area contributed by atoms with Crippen molar-refractivity contribution in [2.45, 2.75) is 32.9 Å². The van der Waals surface area contributed by atoms with Crippen molar-refractivity contribution in [2.75, 3.05) is 20.4 Å². The number of fused-ring (bicyclic) bond motifs is 1. The van der Waals surface area contributed by atoms with Crippen LogP contribution in [0, 0.1) is 6.92 Å². The number of rotatable bonds is 4. The van der Waals surface area contributed by atoms with Crippen LogP contribution in [0.5, 0.6) is 11.5 Å². The van der Waals surface area contributed by atoms with E-state index in [1.807, 2.05) is 19.9 Å². The number of hydrogen-bond donors (Lipinski definition) is 1. The zero-order valence-corrected chi connectivity index (χ0v) is 11.6. The van der Waals surface area contributed by atoms with Gasteiger partial charge in [0.2, 0.25) is 6.79 Å². The van der Waals surface area contributed by atoms with Gasteiger partial charge in [-0.25, -0.2) is 0 Å². The maximum atomic E-state index is 6.03. The summed E-state index contributed by atoms with van der Waals surface area (Å²) in [6.45, 7) is 8.21. The molecule has 0 aliphatic carbocycles. The molecular weight excluding hydrogens is 228 g/mol. The number of nitrogens with zero attached hydrogens (tertiary/aromatic N) is 1. The first-order valence-electron chi connectivity index (χ1n) is 6.22. The van der Waals surface area contributed by atoms with Crippen molar-refractivity contribution < 1.29 is 9.47 Å². The minimum absolute atomic E-state index is 0.182. The molecule has 2 N–H and O–H groups in total.